The Hall–Kier alpha value is -2.71. The van der Waals surface area contributed by atoms with Crippen LogP contribution in [-0.4, -0.2) is 5.71 Å². The standard InChI is InChI=1S/C24H20BrN/c1-18(20-13-15-23(25)16-14-20)17-24(22-11-7-4-8-12-22)26-19(2)21-9-5-3-6-10-21/h3-17H,2H2,1H3/b18-17+,26-24?. The van der Waals surface area contributed by atoms with Gasteiger partial charge in [-0.3, -0.25) is 0 Å². The molecule has 0 aliphatic heterocycles. The third kappa shape index (κ3) is 4.68. The van der Waals surface area contributed by atoms with E-state index in [1.54, 1.807) is 0 Å². The lowest BCUT2D eigenvalue weighted by atomic mass is 10.0. The lowest BCUT2D eigenvalue weighted by Gasteiger charge is -2.08. The maximum Gasteiger partial charge on any atom is 0.0712 e. The van der Waals surface area contributed by atoms with E-state index in [9.17, 15) is 0 Å². The SMILES string of the molecule is C=C(N=C(/C=C(\C)c1ccc(Br)cc1)c1ccccc1)c1ccccc1. The molecule has 3 aromatic rings. The van der Waals surface area contributed by atoms with Gasteiger partial charge in [-0.25, -0.2) is 4.99 Å². The van der Waals surface area contributed by atoms with Crippen LogP contribution in [0.15, 0.2) is 107 Å². The van der Waals surface area contributed by atoms with Crippen LogP contribution in [0.2, 0.25) is 0 Å². The van der Waals surface area contributed by atoms with Crippen molar-refractivity contribution in [1.29, 1.82) is 0 Å². The van der Waals surface area contributed by atoms with E-state index in [0.717, 1.165) is 32.6 Å². The molecular formula is C24H20BrN. The third-order valence-electron chi connectivity index (χ3n) is 4.08. The van der Waals surface area contributed by atoms with Crippen molar-refractivity contribution in [1.82, 2.24) is 0 Å². The molecule has 0 bridgehead atoms. The summed E-state index contributed by atoms with van der Waals surface area (Å²) < 4.78 is 1.07. The van der Waals surface area contributed by atoms with Gasteiger partial charge >= 0.3 is 0 Å². The molecule has 0 heterocycles. The van der Waals surface area contributed by atoms with E-state index in [2.05, 4.69) is 71.9 Å². The second-order valence-corrected chi connectivity index (χ2v) is 6.93. The van der Waals surface area contributed by atoms with Crippen LogP contribution in [-0.2, 0) is 0 Å². The minimum atomic E-state index is 0.754. The summed E-state index contributed by atoms with van der Waals surface area (Å²) in [5.41, 5.74) is 6.07. The van der Waals surface area contributed by atoms with Gasteiger partial charge in [0, 0.05) is 10.0 Å². The van der Waals surface area contributed by atoms with Crippen LogP contribution in [0.5, 0.6) is 0 Å². The van der Waals surface area contributed by atoms with E-state index < -0.39 is 0 Å². The van der Waals surface area contributed by atoms with Crippen molar-refractivity contribution in [2.45, 2.75) is 6.92 Å². The van der Waals surface area contributed by atoms with Gasteiger partial charge in [0.25, 0.3) is 0 Å². The zero-order valence-corrected chi connectivity index (χ0v) is 16.3. The van der Waals surface area contributed by atoms with Crippen molar-refractivity contribution in [2.24, 2.45) is 4.99 Å². The van der Waals surface area contributed by atoms with Crippen molar-refractivity contribution >= 4 is 32.9 Å². The summed E-state index contributed by atoms with van der Waals surface area (Å²) in [5, 5.41) is 0. The Morgan fingerprint density at radius 2 is 1.31 bits per heavy atom. The molecule has 0 saturated heterocycles. The van der Waals surface area contributed by atoms with Crippen LogP contribution in [0.4, 0.5) is 0 Å². The molecule has 128 valence electrons. The molecule has 3 aromatic carbocycles. The van der Waals surface area contributed by atoms with Crippen molar-refractivity contribution < 1.29 is 0 Å². The largest absolute Gasteiger partial charge is 0.248 e. The predicted octanol–water partition coefficient (Wildman–Crippen LogP) is 7.01. The van der Waals surface area contributed by atoms with E-state index in [1.165, 1.54) is 5.56 Å². The van der Waals surface area contributed by atoms with Gasteiger partial charge in [0.15, 0.2) is 0 Å². The van der Waals surface area contributed by atoms with Gasteiger partial charge < -0.3 is 0 Å². The Balaban J connectivity index is 2.01. The van der Waals surface area contributed by atoms with Gasteiger partial charge in [0.05, 0.1) is 11.4 Å². The first-order valence-corrected chi connectivity index (χ1v) is 9.25. The van der Waals surface area contributed by atoms with E-state index in [-0.39, 0.29) is 0 Å². The molecule has 1 nitrogen and oxygen atoms in total. The van der Waals surface area contributed by atoms with Crippen LogP contribution in [0.1, 0.15) is 23.6 Å². The topological polar surface area (TPSA) is 12.4 Å². The van der Waals surface area contributed by atoms with E-state index in [1.807, 2.05) is 48.5 Å². The minimum Gasteiger partial charge on any atom is -0.248 e. The normalized spacial score (nSPS) is 12.1. The third-order valence-corrected chi connectivity index (χ3v) is 4.61. The molecule has 0 aliphatic carbocycles. The molecular weight excluding hydrogens is 382 g/mol. The maximum absolute atomic E-state index is 4.84. The number of hydrogen-bond acceptors (Lipinski definition) is 1. The van der Waals surface area contributed by atoms with Crippen molar-refractivity contribution in [3.63, 3.8) is 0 Å². The summed E-state index contributed by atoms with van der Waals surface area (Å²) >= 11 is 3.49. The average molecular weight is 402 g/mol. The lowest BCUT2D eigenvalue weighted by Crippen LogP contribution is -1.99. The second-order valence-electron chi connectivity index (χ2n) is 6.01. The van der Waals surface area contributed by atoms with E-state index in [0.29, 0.717) is 0 Å². The highest BCUT2D eigenvalue weighted by Crippen LogP contribution is 2.21. The molecule has 0 N–H and O–H groups in total. The molecule has 0 atom stereocenters. The highest BCUT2D eigenvalue weighted by Gasteiger charge is 2.05. The fourth-order valence-corrected chi connectivity index (χ4v) is 2.90. The number of benzene rings is 3. The fourth-order valence-electron chi connectivity index (χ4n) is 2.63. The zero-order valence-electron chi connectivity index (χ0n) is 14.7. The molecule has 0 radical (unpaired) electrons. The van der Waals surface area contributed by atoms with Crippen LogP contribution < -0.4 is 0 Å². The van der Waals surface area contributed by atoms with Gasteiger partial charge in [-0.1, -0.05) is 95.3 Å². The summed E-state index contributed by atoms with van der Waals surface area (Å²) in [4.78, 5) is 4.84. The van der Waals surface area contributed by atoms with Crippen LogP contribution in [0.25, 0.3) is 11.3 Å². The number of allylic oxidation sites excluding steroid dienone is 2. The van der Waals surface area contributed by atoms with Gasteiger partial charge in [0.2, 0.25) is 0 Å². The second kappa shape index (κ2) is 8.59. The molecule has 0 fully saturated rings. The van der Waals surface area contributed by atoms with E-state index >= 15 is 0 Å². The Morgan fingerprint density at radius 3 is 1.88 bits per heavy atom. The Labute approximate surface area is 163 Å². The summed E-state index contributed by atoms with van der Waals surface area (Å²) in [6.07, 6.45) is 2.12. The molecule has 0 aromatic heterocycles. The quantitative estimate of drug-likeness (QED) is 0.407. The lowest BCUT2D eigenvalue weighted by molar-refractivity contribution is 1.49. The molecule has 2 heteroatoms. The summed E-state index contributed by atoms with van der Waals surface area (Å²) in [5.74, 6) is 0. The van der Waals surface area contributed by atoms with Crippen LogP contribution in [0.3, 0.4) is 0 Å². The number of nitrogens with zero attached hydrogens (tertiary/aromatic N) is 1. The monoisotopic (exact) mass is 401 g/mol. The molecule has 0 saturated carbocycles. The molecule has 0 unspecified atom stereocenters. The first kappa shape index (κ1) is 18.1. The molecule has 26 heavy (non-hydrogen) atoms. The van der Waals surface area contributed by atoms with Gasteiger partial charge in [-0.15, -0.1) is 0 Å². The average Bonchev–Trinajstić information content (AvgIpc) is 2.69. The number of halogens is 1. The molecule has 0 aliphatic rings. The zero-order chi connectivity index (χ0) is 18.4. The van der Waals surface area contributed by atoms with Gasteiger partial charge in [-0.05, 0) is 41.8 Å². The first-order chi connectivity index (χ1) is 12.6. The van der Waals surface area contributed by atoms with Gasteiger partial charge in [-0.2, -0.15) is 0 Å². The summed E-state index contributed by atoms with van der Waals surface area (Å²) in [6.45, 7) is 6.26. The highest BCUT2D eigenvalue weighted by atomic mass is 79.9. The van der Waals surface area contributed by atoms with Crippen molar-refractivity contribution in [2.75, 3.05) is 0 Å². The maximum atomic E-state index is 4.84. The highest BCUT2D eigenvalue weighted by molar-refractivity contribution is 9.10. The fraction of sp³-hybridized carbons (Fsp3) is 0.0417. The van der Waals surface area contributed by atoms with Crippen LogP contribution in [0, 0.1) is 0 Å². The smallest absolute Gasteiger partial charge is 0.0712 e. The number of hydrogen-bond donors (Lipinski definition) is 0. The van der Waals surface area contributed by atoms with Crippen molar-refractivity contribution in [3.05, 3.63) is 119 Å². The Bertz CT molecular complexity index is 937. The number of aliphatic imine (C=N–C) groups is 1. The Kier molecular flexibility index (Phi) is 5.98. The van der Waals surface area contributed by atoms with Gasteiger partial charge in [0.1, 0.15) is 0 Å². The molecule has 3 rings (SSSR count). The summed E-state index contributed by atoms with van der Waals surface area (Å²) in [6, 6.07) is 28.6. The first-order valence-electron chi connectivity index (χ1n) is 8.46. The van der Waals surface area contributed by atoms with E-state index in [4.69, 9.17) is 4.99 Å². The molecule has 0 amide bonds. The minimum absolute atomic E-state index is 0.754. The van der Waals surface area contributed by atoms with Crippen LogP contribution >= 0.6 is 15.9 Å². The number of rotatable bonds is 5. The predicted molar refractivity (Wildman–Crippen MR) is 116 cm³/mol. The Morgan fingerprint density at radius 1 is 0.769 bits per heavy atom. The molecule has 0 spiro atoms. The van der Waals surface area contributed by atoms with Crippen molar-refractivity contribution in [3.8, 4) is 0 Å². The summed E-state index contributed by atoms with van der Waals surface area (Å²) in [7, 11) is 0.